The summed E-state index contributed by atoms with van der Waals surface area (Å²) in [6.45, 7) is 4.03. The zero-order valence-electron chi connectivity index (χ0n) is 17.0. The third-order valence-corrected chi connectivity index (χ3v) is 7.03. The number of amides is 1. The molecule has 2 aromatic carbocycles. The Labute approximate surface area is 193 Å². The molecule has 1 N–H and O–H groups in total. The fourth-order valence-corrected chi connectivity index (χ4v) is 5.13. The number of benzene rings is 2. The SMILES string of the molecule is CCc1cccc(C)c1NC(=O)CSc1nc2ccsc2c(=O)n1-c1ccccc1Cl. The van der Waals surface area contributed by atoms with Gasteiger partial charge in [0.1, 0.15) is 4.70 Å². The number of rotatable bonds is 6. The van der Waals surface area contributed by atoms with E-state index < -0.39 is 0 Å². The number of anilines is 1. The smallest absolute Gasteiger partial charge is 0.276 e. The van der Waals surface area contributed by atoms with Gasteiger partial charge in [-0.05, 0) is 48.1 Å². The van der Waals surface area contributed by atoms with Gasteiger partial charge >= 0.3 is 0 Å². The van der Waals surface area contributed by atoms with Crippen molar-refractivity contribution < 1.29 is 4.79 Å². The Balaban J connectivity index is 1.66. The topological polar surface area (TPSA) is 64.0 Å². The first kappa shape index (κ1) is 21.6. The van der Waals surface area contributed by atoms with E-state index in [4.69, 9.17) is 11.6 Å². The van der Waals surface area contributed by atoms with Crippen molar-refractivity contribution in [3.63, 3.8) is 0 Å². The Hall–Kier alpha value is -2.61. The Morgan fingerprint density at radius 1 is 1.19 bits per heavy atom. The van der Waals surface area contributed by atoms with E-state index in [2.05, 4.69) is 17.2 Å². The molecule has 1 amide bonds. The van der Waals surface area contributed by atoms with Crippen molar-refractivity contribution in [3.8, 4) is 5.69 Å². The lowest BCUT2D eigenvalue weighted by Crippen LogP contribution is -2.22. The second-order valence-electron chi connectivity index (χ2n) is 6.92. The van der Waals surface area contributed by atoms with Gasteiger partial charge in [0.05, 0.1) is 22.0 Å². The van der Waals surface area contributed by atoms with Gasteiger partial charge in [0.2, 0.25) is 5.91 Å². The quantitative estimate of drug-likeness (QED) is 0.290. The summed E-state index contributed by atoms with van der Waals surface area (Å²) < 4.78 is 2.05. The Bertz CT molecular complexity index is 1330. The van der Waals surface area contributed by atoms with E-state index in [1.807, 2.05) is 48.7 Å². The van der Waals surface area contributed by atoms with Crippen LogP contribution >= 0.6 is 34.7 Å². The highest BCUT2D eigenvalue weighted by molar-refractivity contribution is 7.99. The van der Waals surface area contributed by atoms with Crippen LogP contribution in [0, 0.1) is 6.92 Å². The number of fused-ring (bicyclic) bond motifs is 1. The first-order chi connectivity index (χ1) is 15.0. The minimum absolute atomic E-state index is 0.115. The maximum absolute atomic E-state index is 13.2. The summed E-state index contributed by atoms with van der Waals surface area (Å²) in [5.74, 6) is -0.0383. The molecule has 0 fully saturated rings. The molecule has 0 aliphatic heterocycles. The van der Waals surface area contributed by atoms with Crippen LogP contribution in [0.2, 0.25) is 5.02 Å². The highest BCUT2D eigenvalue weighted by atomic mass is 35.5. The molecule has 8 heteroatoms. The number of hydrogen-bond donors (Lipinski definition) is 1. The Morgan fingerprint density at radius 3 is 2.77 bits per heavy atom. The van der Waals surface area contributed by atoms with Crippen molar-refractivity contribution in [1.82, 2.24) is 9.55 Å². The van der Waals surface area contributed by atoms with Crippen LogP contribution in [0.5, 0.6) is 0 Å². The van der Waals surface area contributed by atoms with Crippen LogP contribution in [0.4, 0.5) is 5.69 Å². The zero-order valence-corrected chi connectivity index (χ0v) is 19.4. The van der Waals surface area contributed by atoms with E-state index in [0.29, 0.717) is 26.1 Å². The number of nitrogens with zero attached hydrogens (tertiary/aromatic N) is 2. The molecule has 5 nitrogen and oxygen atoms in total. The van der Waals surface area contributed by atoms with E-state index >= 15 is 0 Å². The molecule has 158 valence electrons. The van der Waals surface area contributed by atoms with Crippen LogP contribution in [0.1, 0.15) is 18.1 Å². The van der Waals surface area contributed by atoms with Gasteiger partial charge in [-0.3, -0.25) is 14.2 Å². The second kappa shape index (κ2) is 9.26. The summed E-state index contributed by atoms with van der Waals surface area (Å²) in [5.41, 5.74) is 3.93. The number of nitrogens with one attached hydrogen (secondary N) is 1. The van der Waals surface area contributed by atoms with Crippen LogP contribution in [-0.4, -0.2) is 21.2 Å². The highest BCUT2D eigenvalue weighted by Gasteiger charge is 2.18. The van der Waals surface area contributed by atoms with Crippen molar-refractivity contribution in [2.45, 2.75) is 25.4 Å². The van der Waals surface area contributed by atoms with Crippen molar-refractivity contribution in [1.29, 1.82) is 0 Å². The molecule has 0 atom stereocenters. The summed E-state index contributed by atoms with van der Waals surface area (Å²) >= 11 is 8.93. The predicted octanol–water partition coefficient (Wildman–Crippen LogP) is 5.70. The predicted molar refractivity (Wildman–Crippen MR) is 130 cm³/mol. The highest BCUT2D eigenvalue weighted by Crippen LogP contribution is 2.27. The number of hydrogen-bond acceptors (Lipinski definition) is 5. The largest absolute Gasteiger partial charge is 0.325 e. The van der Waals surface area contributed by atoms with E-state index in [-0.39, 0.29) is 17.2 Å². The minimum atomic E-state index is -0.191. The van der Waals surface area contributed by atoms with E-state index in [9.17, 15) is 9.59 Å². The van der Waals surface area contributed by atoms with E-state index in [1.165, 1.54) is 27.7 Å². The monoisotopic (exact) mass is 469 g/mol. The molecule has 0 aliphatic carbocycles. The number of carbonyl (C=O) groups excluding carboxylic acids is 1. The lowest BCUT2D eigenvalue weighted by molar-refractivity contribution is -0.113. The standard InChI is InChI=1S/C23H20ClN3O2S2/c1-3-15-8-6-7-14(2)20(15)26-19(28)13-31-23-25-17-11-12-30-21(17)22(29)27(23)18-10-5-4-9-16(18)24/h4-12H,3,13H2,1-2H3,(H,26,28). The molecular weight excluding hydrogens is 450 g/mol. The van der Waals surface area contributed by atoms with Gasteiger partial charge in [-0.1, -0.05) is 60.6 Å². The summed E-state index contributed by atoms with van der Waals surface area (Å²) in [7, 11) is 0. The maximum Gasteiger partial charge on any atom is 0.276 e. The van der Waals surface area contributed by atoms with Crippen molar-refractivity contribution in [2.75, 3.05) is 11.1 Å². The van der Waals surface area contributed by atoms with Gasteiger partial charge in [-0.2, -0.15) is 0 Å². The van der Waals surface area contributed by atoms with Gasteiger partial charge in [-0.25, -0.2) is 4.98 Å². The first-order valence-electron chi connectivity index (χ1n) is 9.76. The fraction of sp³-hybridized carbons (Fsp3) is 0.174. The van der Waals surface area contributed by atoms with E-state index in [0.717, 1.165) is 23.2 Å². The molecule has 0 saturated carbocycles. The van der Waals surface area contributed by atoms with Gasteiger partial charge in [-0.15, -0.1) is 11.3 Å². The second-order valence-corrected chi connectivity index (χ2v) is 9.19. The average molecular weight is 470 g/mol. The van der Waals surface area contributed by atoms with Crippen molar-refractivity contribution in [2.24, 2.45) is 0 Å². The Kier molecular flexibility index (Phi) is 6.46. The van der Waals surface area contributed by atoms with Gasteiger partial charge in [0.15, 0.2) is 5.16 Å². The third kappa shape index (κ3) is 4.39. The normalized spacial score (nSPS) is 11.1. The van der Waals surface area contributed by atoms with Crippen LogP contribution in [0.3, 0.4) is 0 Å². The number of carbonyl (C=O) groups is 1. The fourth-order valence-electron chi connectivity index (χ4n) is 3.34. The number of thiophene rings is 1. The molecule has 4 rings (SSSR count). The number of aryl methyl sites for hydroxylation is 2. The first-order valence-corrected chi connectivity index (χ1v) is 12.0. The summed E-state index contributed by atoms with van der Waals surface area (Å²) in [4.78, 5) is 30.6. The zero-order chi connectivity index (χ0) is 22.0. The molecule has 0 unspecified atom stereocenters. The van der Waals surface area contributed by atoms with Crippen LogP contribution < -0.4 is 10.9 Å². The maximum atomic E-state index is 13.2. The summed E-state index contributed by atoms with van der Waals surface area (Å²) in [5, 5.41) is 5.73. The number of para-hydroxylation sites is 2. The molecule has 31 heavy (non-hydrogen) atoms. The molecule has 0 radical (unpaired) electrons. The lowest BCUT2D eigenvalue weighted by Gasteiger charge is -2.15. The molecule has 0 bridgehead atoms. The summed E-state index contributed by atoms with van der Waals surface area (Å²) in [6, 6.07) is 14.9. The van der Waals surface area contributed by atoms with Crippen LogP contribution in [-0.2, 0) is 11.2 Å². The number of aromatic nitrogens is 2. The van der Waals surface area contributed by atoms with Crippen LogP contribution in [0.15, 0.2) is 63.9 Å². The summed E-state index contributed by atoms with van der Waals surface area (Å²) in [6.07, 6.45) is 0.826. The molecule has 0 spiro atoms. The van der Waals surface area contributed by atoms with Gasteiger partial charge < -0.3 is 5.32 Å². The molecule has 2 aromatic heterocycles. The molecule has 0 aliphatic rings. The van der Waals surface area contributed by atoms with Gasteiger partial charge in [0.25, 0.3) is 5.56 Å². The number of thioether (sulfide) groups is 1. The van der Waals surface area contributed by atoms with Crippen molar-refractivity contribution in [3.05, 3.63) is 80.4 Å². The third-order valence-electron chi connectivity index (χ3n) is 4.88. The number of halogens is 1. The molecular formula is C23H20ClN3O2S2. The average Bonchev–Trinajstić information content (AvgIpc) is 3.23. The Morgan fingerprint density at radius 2 is 2.00 bits per heavy atom. The molecule has 0 saturated heterocycles. The van der Waals surface area contributed by atoms with Crippen molar-refractivity contribution >= 4 is 56.5 Å². The molecule has 4 aromatic rings. The van der Waals surface area contributed by atoms with Gasteiger partial charge in [0, 0.05) is 5.69 Å². The lowest BCUT2D eigenvalue weighted by atomic mass is 10.1. The van der Waals surface area contributed by atoms with Crippen LogP contribution in [0.25, 0.3) is 15.9 Å². The minimum Gasteiger partial charge on any atom is -0.325 e. The molecule has 2 heterocycles. The van der Waals surface area contributed by atoms with E-state index in [1.54, 1.807) is 12.1 Å².